The first-order valence-electron chi connectivity index (χ1n) is 22.3. The van der Waals surface area contributed by atoms with Crippen molar-refractivity contribution in [2.45, 2.75) is 93.5 Å². The molecule has 0 spiro atoms. The van der Waals surface area contributed by atoms with Crippen molar-refractivity contribution >= 4 is 34.6 Å². The molecule has 0 bridgehead atoms. The van der Waals surface area contributed by atoms with E-state index in [0.29, 0.717) is 6.54 Å². The SMILES string of the molecule is C=CC.C=Cc1ccccc1C(=C)/C(=C\CC)c1cccc(C2=CCCC(C/C=C(\N)C3=CC=CCC3)=C2C(=NCc2ccccc2)c2ccccc2/C=C\C)c1.CC.CC. The number of benzene rings is 4. The van der Waals surface area contributed by atoms with Gasteiger partial charge in [-0.3, -0.25) is 4.99 Å². The first kappa shape index (κ1) is 49.1. The zero-order chi connectivity index (χ0) is 44.4. The topological polar surface area (TPSA) is 38.4 Å². The van der Waals surface area contributed by atoms with Gasteiger partial charge < -0.3 is 5.73 Å². The Kier molecular flexibility index (Phi) is 22.1. The number of rotatable bonds is 14. The molecule has 0 aliphatic heterocycles. The first-order chi connectivity index (χ1) is 29.9. The lowest BCUT2D eigenvalue weighted by atomic mass is 9.79. The molecule has 0 saturated carbocycles. The molecular weight excluding hydrogens is 737 g/mol. The second kappa shape index (κ2) is 27.5. The normalized spacial score (nSPS) is 14.0. The average Bonchev–Trinajstić information content (AvgIpc) is 3.32. The molecule has 0 radical (unpaired) electrons. The third-order valence-electron chi connectivity index (χ3n) is 10.2. The van der Waals surface area contributed by atoms with E-state index in [1.54, 1.807) is 6.08 Å². The molecule has 2 N–H and O–H groups in total. The predicted octanol–water partition coefficient (Wildman–Crippen LogP) is 16.8. The minimum atomic E-state index is 0.577. The van der Waals surface area contributed by atoms with Gasteiger partial charge in [0.05, 0.1) is 12.3 Å². The van der Waals surface area contributed by atoms with Gasteiger partial charge in [0.2, 0.25) is 0 Å². The molecule has 2 nitrogen and oxygen atoms in total. The maximum Gasteiger partial charge on any atom is 0.0734 e. The van der Waals surface area contributed by atoms with Gasteiger partial charge in [-0.25, -0.2) is 0 Å². The van der Waals surface area contributed by atoms with Crippen molar-refractivity contribution in [2.75, 3.05) is 0 Å². The van der Waals surface area contributed by atoms with Crippen LogP contribution in [0, 0.1) is 0 Å². The number of aliphatic imine (C=N–C) groups is 1. The Morgan fingerprint density at radius 2 is 1.44 bits per heavy atom. The molecule has 316 valence electrons. The summed E-state index contributed by atoms with van der Waals surface area (Å²) in [5.41, 5.74) is 23.7. The lowest BCUT2D eigenvalue weighted by molar-refractivity contribution is 0.908. The summed E-state index contributed by atoms with van der Waals surface area (Å²) < 4.78 is 0. The number of allylic oxidation sites excluding steroid dienone is 14. The van der Waals surface area contributed by atoms with Crippen LogP contribution in [-0.4, -0.2) is 5.71 Å². The molecule has 0 atom stereocenters. The molecule has 0 unspecified atom stereocenters. The van der Waals surface area contributed by atoms with Crippen LogP contribution in [-0.2, 0) is 6.54 Å². The van der Waals surface area contributed by atoms with Crippen LogP contribution in [0.4, 0.5) is 0 Å². The van der Waals surface area contributed by atoms with Crippen LogP contribution >= 0.6 is 0 Å². The lowest BCUT2D eigenvalue weighted by Crippen LogP contribution is -2.15. The molecule has 6 rings (SSSR count). The van der Waals surface area contributed by atoms with Crippen LogP contribution in [0.1, 0.15) is 126 Å². The zero-order valence-electron chi connectivity index (χ0n) is 38.2. The summed E-state index contributed by atoms with van der Waals surface area (Å²) in [6.45, 7) is 26.8. The van der Waals surface area contributed by atoms with Gasteiger partial charge >= 0.3 is 0 Å². The Hall–Kier alpha value is -6.25. The molecule has 4 aromatic carbocycles. The van der Waals surface area contributed by atoms with Crippen LogP contribution in [0.15, 0.2) is 199 Å². The summed E-state index contributed by atoms with van der Waals surface area (Å²) in [6.07, 6.45) is 26.9. The minimum Gasteiger partial charge on any atom is -0.399 e. The molecule has 2 heteroatoms. The van der Waals surface area contributed by atoms with E-state index < -0.39 is 0 Å². The van der Waals surface area contributed by atoms with Crippen molar-refractivity contribution < 1.29 is 0 Å². The second-order valence-corrected chi connectivity index (χ2v) is 14.2. The van der Waals surface area contributed by atoms with E-state index in [2.05, 4.69) is 185 Å². The van der Waals surface area contributed by atoms with E-state index in [9.17, 15) is 0 Å². The molecule has 2 aliphatic carbocycles. The van der Waals surface area contributed by atoms with E-state index in [1.165, 1.54) is 33.4 Å². The lowest BCUT2D eigenvalue weighted by Gasteiger charge is -2.26. The molecule has 0 heterocycles. The third kappa shape index (κ3) is 13.9. The number of nitrogens with two attached hydrogens (primary N) is 1. The van der Waals surface area contributed by atoms with Crippen molar-refractivity contribution in [3.8, 4) is 0 Å². The fourth-order valence-electron chi connectivity index (χ4n) is 7.44. The number of hydrogen-bond acceptors (Lipinski definition) is 2. The van der Waals surface area contributed by atoms with Gasteiger partial charge in [0.1, 0.15) is 0 Å². The molecule has 0 saturated heterocycles. The van der Waals surface area contributed by atoms with E-state index in [0.717, 1.165) is 88.9 Å². The molecule has 0 fully saturated rings. The summed E-state index contributed by atoms with van der Waals surface area (Å²) in [5.74, 6) is 0. The molecule has 2 aliphatic rings. The van der Waals surface area contributed by atoms with Crippen molar-refractivity contribution in [3.63, 3.8) is 0 Å². The first-order valence-corrected chi connectivity index (χ1v) is 22.3. The highest BCUT2D eigenvalue weighted by atomic mass is 14.7. The van der Waals surface area contributed by atoms with Crippen molar-refractivity contribution in [2.24, 2.45) is 10.7 Å². The van der Waals surface area contributed by atoms with Crippen LogP contribution in [0.3, 0.4) is 0 Å². The fraction of sp³-hybridized carbons (Fsp3) is 0.237. The van der Waals surface area contributed by atoms with Gasteiger partial charge in [0, 0.05) is 16.8 Å². The van der Waals surface area contributed by atoms with Crippen LogP contribution in [0.2, 0.25) is 0 Å². The Morgan fingerprint density at radius 1 is 0.770 bits per heavy atom. The van der Waals surface area contributed by atoms with Crippen molar-refractivity contribution in [1.82, 2.24) is 0 Å². The highest BCUT2D eigenvalue weighted by molar-refractivity contribution is 6.23. The highest BCUT2D eigenvalue weighted by Crippen LogP contribution is 2.40. The van der Waals surface area contributed by atoms with Crippen LogP contribution < -0.4 is 5.73 Å². The monoisotopic (exact) mass is 807 g/mol. The summed E-state index contributed by atoms with van der Waals surface area (Å²) in [4.78, 5) is 5.52. The van der Waals surface area contributed by atoms with Gasteiger partial charge in [-0.1, -0.05) is 211 Å². The van der Waals surface area contributed by atoms with Gasteiger partial charge in [-0.05, 0) is 114 Å². The zero-order valence-corrected chi connectivity index (χ0v) is 38.2. The van der Waals surface area contributed by atoms with Crippen molar-refractivity contribution in [3.05, 3.63) is 233 Å². The maximum atomic E-state index is 6.78. The van der Waals surface area contributed by atoms with E-state index in [4.69, 9.17) is 10.7 Å². The molecular formula is C59H70N2. The second-order valence-electron chi connectivity index (χ2n) is 14.2. The molecule has 61 heavy (non-hydrogen) atoms. The quantitative estimate of drug-likeness (QED) is 0.0769. The smallest absolute Gasteiger partial charge is 0.0734 e. The predicted molar refractivity (Wildman–Crippen MR) is 274 cm³/mol. The Morgan fingerprint density at radius 3 is 2.10 bits per heavy atom. The largest absolute Gasteiger partial charge is 0.399 e. The van der Waals surface area contributed by atoms with Crippen molar-refractivity contribution in [1.29, 1.82) is 0 Å². The fourth-order valence-corrected chi connectivity index (χ4v) is 7.44. The highest BCUT2D eigenvalue weighted by Gasteiger charge is 2.25. The Bertz CT molecular complexity index is 2300. The summed E-state index contributed by atoms with van der Waals surface area (Å²) in [6, 6.07) is 36.5. The molecule has 0 amide bonds. The summed E-state index contributed by atoms with van der Waals surface area (Å²) in [7, 11) is 0. The van der Waals surface area contributed by atoms with E-state index in [-0.39, 0.29) is 0 Å². The molecule has 0 aromatic heterocycles. The minimum absolute atomic E-state index is 0.577. The van der Waals surface area contributed by atoms with Crippen LogP contribution in [0.5, 0.6) is 0 Å². The van der Waals surface area contributed by atoms with Gasteiger partial charge in [-0.15, -0.1) is 6.58 Å². The third-order valence-corrected chi connectivity index (χ3v) is 10.2. The number of hydrogen-bond donors (Lipinski definition) is 1. The van der Waals surface area contributed by atoms with E-state index in [1.807, 2.05) is 40.7 Å². The average molecular weight is 807 g/mol. The Balaban J connectivity index is 0.00000134. The molecule has 4 aromatic rings. The standard InChI is InChI=1S/C52H52N2.C3H6.2C2H6/c1-5-20-41-25-15-17-32-49(41)52(54-37-39-22-10-8-11-23-39)51-43(34-35-50(53)42-26-12-9-13-27-42)28-19-33-48(51)45-30-18-29-44(36-45)46(21-6-2)38(4)47-31-16-14-24-40(47)7-3;1-3-2;2*1-2/h5,7-12,14-18,20-26,29-33,35-36H,3-4,6,13,19,27-28,34,37,53H2,1-2H3;3H,1H2,2H3;2*1-2H3/b20-5-,46-21+,50-35-,54-52?;;;. The number of nitrogens with zero attached hydrogens (tertiary/aromatic N) is 1. The Labute approximate surface area is 370 Å². The van der Waals surface area contributed by atoms with Gasteiger partial charge in [0.25, 0.3) is 0 Å². The van der Waals surface area contributed by atoms with Gasteiger partial charge in [0.15, 0.2) is 0 Å². The van der Waals surface area contributed by atoms with Gasteiger partial charge in [-0.2, -0.15) is 0 Å². The van der Waals surface area contributed by atoms with Crippen LogP contribution in [0.25, 0.3) is 28.9 Å². The maximum absolute atomic E-state index is 6.78. The summed E-state index contributed by atoms with van der Waals surface area (Å²) >= 11 is 0. The summed E-state index contributed by atoms with van der Waals surface area (Å²) in [5, 5.41) is 0. The van der Waals surface area contributed by atoms with E-state index >= 15 is 0 Å².